The van der Waals surface area contributed by atoms with Crippen LogP contribution in [0.5, 0.6) is 0 Å². The smallest absolute Gasteiger partial charge is 0.240 e. The third kappa shape index (κ3) is 3.31. The Balaban J connectivity index is 1.63. The number of hydrogen-bond donors (Lipinski definition) is 2. The monoisotopic (exact) mass is 309 g/mol. The lowest BCUT2D eigenvalue weighted by atomic mass is 9.85. The van der Waals surface area contributed by atoms with Gasteiger partial charge in [0.2, 0.25) is 5.91 Å². The van der Waals surface area contributed by atoms with Crippen LogP contribution in [0.1, 0.15) is 57.8 Å². The first kappa shape index (κ1) is 16.2. The second kappa shape index (κ2) is 6.85. The third-order valence-corrected chi connectivity index (χ3v) is 5.98. The SMILES string of the molecule is NC1(C(=O)NCC2(N3CCCCC3)CCOCC2)CCCC1. The number of nitrogens with zero attached hydrogens (tertiary/aromatic N) is 1. The zero-order chi connectivity index (χ0) is 15.5. The molecule has 3 aliphatic rings. The number of carbonyl (C=O) groups excluding carboxylic acids is 1. The summed E-state index contributed by atoms with van der Waals surface area (Å²) in [7, 11) is 0. The number of likely N-dealkylation sites (tertiary alicyclic amines) is 1. The fourth-order valence-electron chi connectivity index (χ4n) is 4.38. The summed E-state index contributed by atoms with van der Waals surface area (Å²) in [6, 6.07) is 0. The maximum atomic E-state index is 12.5. The second-order valence-electron chi connectivity index (χ2n) is 7.43. The number of amides is 1. The number of nitrogens with one attached hydrogen (secondary N) is 1. The molecule has 0 aromatic rings. The van der Waals surface area contributed by atoms with Crippen molar-refractivity contribution >= 4 is 5.91 Å². The number of carbonyl (C=O) groups is 1. The molecule has 0 radical (unpaired) electrons. The molecule has 5 nitrogen and oxygen atoms in total. The van der Waals surface area contributed by atoms with Crippen LogP contribution >= 0.6 is 0 Å². The van der Waals surface area contributed by atoms with E-state index in [1.165, 1.54) is 19.3 Å². The standard InChI is InChI=1S/C17H31N3O2/c18-17(6-2-3-7-17)15(21)19-14-16(8-12-22-13-9-16)20-10-4-1-5-11-20/h1-14,18H2,(H,19,21). The highest BCUT2D eigenvalue weighted by Gasteiger charge is 2.42. The highest BCUT2D eigenvalue weighted by Crippen LogP contribution is 2.31. The van der Waals surface area contributed by atoms with E-state index in [4.69, 9.17) is 10.5 Å². The quantitative estimate of drug-likeness (QED) is 0.824. The molecule has 0 spiro atoms. The van der Waals surface area contributed by atoms with Crippen LogP contribution in [-0.2, 0) is 9.53 Å². The van der Waals surface area contributed by atoms with Crippen LogP contribution in [0.2, 0.25) is 0 Å². The summed E-state index contributed by atoms with van der Waals surface area (Å²) >= 11 is 0. The molecule has 0 aromatic heterocycles. The molecular formula is C17H31N3O2. The molecule has 0 aromatic carbocycles. The lowest BCUT2D eigenvalue weighted by molar-refractivity contribution is -0.127. The molecule has 0 bridgehead atoms. The summed E-state index contributed by atoms with van der Waals surface area (Å²) < 4.78 is 5.58. The number of hydrogen-bond acceptors (Lipinski definition) is 4. The molecule has 1 aliphatic carbocycles. The second-order valence-corrected chi connectivity index (χ2v) is 7.43. The average molecular weight is 309 g/mol. The normalized spacial score (nSPS) is 28.4. The van der Waals surface area contributed by atoms with Crippen molar-refractivity contribution in [2.24, 2.45) is 5.73 Å². The van der Waals surface area contributed by atoms with Gasteiger partial charge in [-0.3, -0.25) is 9.69 Å². The zero-order valence-electron chi connectivity index (χ0n) is 13.7. The molecule has 1 saturated carbocycles. The molecule has 3 fully saturated rings. The van der Waals surface area contributed by atoms with E-state index in [2.05, 4.69) is 10.2 Å². The Morgan fingerprint density at radius 1 is 1.00 bits per heavy atom. The fourth-order valence-corrected chi connectivity index (χ4v) is 4.38. The van der Waals surface area contributed by atoms with E-state index in [0.717, 1.165) is 71.4 Å². The van der Waals surface area contributed by atoms with E-state index in [-0.39, 0.29) is 11.4 Å². The van der Waals surface area contributed by atoms with Crippen molar-refractivity contribution in [2.45, 2.75) is 68.9 Å². The van der Waals surface area contributed by atoms with Crippen LogP contribution < -0.4 is 11.1 Å². The lowest BCUT2D eigenvalue weighted by Crippen LogP contribution is -2.62. The summed E-state index contributed by atoms with van der Waals surface area (Å²) in [5.41, 5.74) is 5.76. The molecule has 2 heterocycles. The van der Waals surface area contributed by atoms with Crippen LogP contribution in [0.3, 0.4) is 0 Å². The average Bonchev–Trinajstić information content (AvgIpc) is 3.02. The van der Waals surface area contributed by atoms with Gasteiger partial charge < -0.3 is 15.8 Å². The van der Waals surface area contributed by atoms with Crippen LogP contribution in [0, 0.1) is 0 Å². The number of rotatable bonds is 4. The van der Waals surface area contributed by atoms with E-state index in [1.54, 1.807) is 0 Å². The van der Waals surface area contributed by atoms with Crippen LogP contribution in [0.15, 0.2) is 0 Å². The maximum absolute atomic E-state index is 12.5. The Morgan fingerprint density at radius 2 is 1.64 bits per heavy atom. The Hall–Kier alpha value is -0.650. The molecule has 0 unspecified atom stereocenters. The number of nitrogens with two attached hydrogens (primary N) is 1. The highest BCUT2D eigenvalue weighted by molar-refractivity contribution is 5.86. The third-order valence-electron chi connectivity index (χ3n) is 5.98. The predicted octanol–water partition coefficient (Wildman–Crippen LogP) is 1.41. The van der Waals surface area contributed by atoms with Crippen molar-refractivity contribution in [3.05, 3.63) is 0 Å². The summed E-state index contributed by atoms with van der Waals surface area (Å²) in [5.74, 6) is 0.0628. The van der Waals surface area contributed by atoms with E-state index < -0.39 is 5.54 Å². The summed E-state index contributed by atoms with van der Waals surface area (Å²) in [5, 5.41) is 3.21. The van der Waals surface area contributed by atoms with Crippen molar-refractivity contribution in [1.29, 1.82) is 0 Å². The van der Waals surface area contributed by atoms with Gasteiger partial charge in [-0.2, -0.15) is 0 Å². The van der Waals surface area contributed by atoms with Gasteiger partial charge in [-0.05, 0) is 51.6 Å². The molecular weight excluding hydrogens is 278 g/mol. The topological polar surface area (TPSA) is 67.6 Å². The Bertz CT molecular complexity index is 381. The first-order chi connectivity index (χ1) is 10.6. The number of piperidine rings is 1. The van der Waals surface area contributed by atoms with Crippen molar-refractivity contribution in [3.8, 4) is 0 Å². The summed E-state index contributed by atoms with van der Waals surface area (Å²) in [4.78, 5) is 15.2. The Kier molecular flexibility index (Phi) is 5.05. The molecule has 0 atom stereocenters. The van der Waals surface area contributed by atoms with Gasteiger partial charge in [-0.15, -0.1) is 0 Å². The molecule has 1 amide bonds. The summed E-state index contributed by atoms with van der Waals surface area (Å²) in [6.45, 7) is 4.65. The van der Waals surface area contributed by atoms with Crippen molar-refractivity contribution in [2.75, 3.05) is 32.8 Å². The molecule has 3 rings (SSSR count). The largest absolute Gasteiger partial charge is 0.381 e. The maximum Gasteiger partial charge on any atom is 0.240 e. The predicted molar refractivity (Wildman–Crippen MR) is 86.6 cm³/mol. The van der Waals surface area contributed by atoms with E-state index >= 15 is 0 Å². The minimum absolute atomic E-state index is 0.0628. The fraction of sp³-hybridized carbons (Fsp3) is 0.941. The molecule has 3 N–H and O–H groups in total. The van der Waals surface area contributed by atoms with E-state index in [9.17, 15) is 4.79 Å². The molecule has 2 aliphatic heterocycles. The van der Waals surface area contributed by atoms with Gasteiger partial charge in [0.1, 0.15) is 0 Å². The molecule has 126 valence electrons. The Morgan fingerprint density at radius 3 is 2.27 bits per heavy atom. The van der Waals surface area contributed by atoms with Crippen molar-refractivity contribution in [3.63, 3.8) is 0 Å². The van der Waals surface area contributed by atoms with Gasteiger partial charge in [0.25, 0.3) is 0 Å². The van der Waals surface area contributed by atoms with Gasteiger partial charge in [-0.25, -0.2) is 0 Å². The highest BCUT2D eigenvalue weighted by atomic mass is 16.5. The van der Waals surface area contributed by atoms with Crippen LogP contribution in [-0.4, -0.2) is 54.7 Å². The number of ether oxygens (including phenoxy) is 1. The van der Waals surface area contributed by atoms with Gasteiger partial charge in [0, 0.05) is 25.3 Å². The minimum Gasteiger partial charge on any atom is -0.381 e. The van der Waals surface area contributed by atoms with Gasteiger partial charge in [0.05, 0.1) is 5.54 Å². The van der Waals surface area contributed by atoms with Crippen molar-refractivity contribution in [1.82, 2.24) is 10.2 Å². The lowest BCUT2D eigenvalue weighted by Gasteiger charge is -2.48. The van der Waals surface area contributed by atoms with Crippen LogP contribution in [0.25, 0.3) is 0 Å². The molecule has 22 heavy (non-hydrogen) atoms. The molecule has 2 saturated heterocycles. The first-order valence-electron chi connectivity index (χ1n) is 9.05. The van der Waals surface area contributed by atoms with Crippen molar-refractivity contribution < 1.29 is 9.53 Å². The van der Waals surface area contributed by atoms with E-state index in [0.29, 0.717) is 0 Å². The Labute approximate surface area is 133 Å². The van der Waals surface area contributed by atoms with E-state index in [1.807, 2.05) is 0 Å². The minimum atomic E-state index is -0.617. The molecule has 5 heteroatoms. The van der Waals surface area contributed by atoms with Gasteiger partial charge >= 0.3 is 0 Å². The first-order valence-corrected chi connectivity index (χ1v) is 9.05. The van der Waals surface area contributed by atoms with Crippen LogP contribution in [0.4, 0.5) is 0 Å². The van der Waals surface area contributed by atoms with Gasteiger partial charge in [-0.1, -0.05) is 19.3 Å². The zero-order valence-corrected chi connectivity index (χ0v) is 13.7. The summed E-state index contributed by atoms with van der Waals surface area (Å²) in [6.07, 6.45) is 9.74. The van der Waals surface area contributed by atoms with Gasteiger partial charge in [0.15, 0.2) is 0 Å².